The largest absolute Gasteiger partial charge is 0.0533 e. The second kappa shape index (κ2) is 6.44. The maximum Gasteiger partial charge on any atom is -0.0355 e. The Kier molecular flexibility index (Phi) is 4.65. The predicted octanol–water partition coefficient (Wildman–Crippen LogP) is 5.95. The molecule has 0 spiro atoms. The lowest BCUT2D eigenvalue weighted by Crippen LogP contribution is -2.29. The molecule has 3 aliphatic carbocycles. The molecule has 0 radical (unpaired) electrons. The Hall–Kier alpha value is 0. The van der Waals surface area contributed by atoms with Gasteiger partial charge in [-0.05, 0) is 36.5 Å². The molecule has 18 heavy (non-hydrogen) atoms. The van der Waals surface area contributed by atoms with Gasteiger partial charge in [0.15, 0.2) is 0 Å². The molecule has 0 aliphatic heterocycles. The molecule has 0 nitrogen and oxygen atoms in total. The van der Waals surface area contributed by atoms with Gasteiger partial charge in [0, 0.05) is 0 Å². The zero-order chi connectivity index (χ0) is 12.2. The standard InChI is InChI=1S/C18H32/c1-3-9-15(10-4-1)17-13-5-2-6-14-18(17)16-11-7-8-12-16/h15-18H,1-14H2. The molecule has 104 valence electrons. The fourth-order valence-corrected chi connectivity index (χ4v) is 5.48. The van der Waals surface area contributed by atoms with Crippen LogP contribution in [0.3, 0.4) is 0 Å². The van der Waals surface area contributed by atoms with Crippen LogP contribution in [-0.2, 0) is 0 Å². The second-order valence-corrected chi connectivity index (χ2v) is 7.41. The normalized spacial score (nSPS) is 36.7. The minimum atomic E-state index is 1.13. The molecule has 3 aliphatic rings. The lowest BCUT2D eigenvalue weighted by atomic mass is 9.68. The summed E-state index contributed by atoms with van der Waals surface area (Å²) in [5.74, 6) is 4.53. The fourth-order valence-electron chi connectivity index (χ4n) is 5.48. The van der Waals surface area contributed by atoms with E-state index in [1.165, 1.54) is 12.8 Å². The highest BCUT2D eigenvalue weighted by molar-refractivity contribution is 4.87. The summed E-state index contributed by atoms with van der Waals surface area (Å²) < 4.78 is 0. The lowest BCUT2D eigenvalue weighted by Gasteiger charge is -2.38. The van der Waals surface area contributed by atoms with E-state index in [1.54, 1.807) is 77.0 Å². The van der Waals surface area contributed by atoms with Crippen LogP contribution in [0.4, 0.5) is 0 Å². The zero-order valence-corrected chi connectivity index (χ0v) is 12.2. The van der Waals surface area contributed by atoms with Crippen molar-refractivity contribution in [3.05, 3.63) is 0 Å². The summed E-state index contributed by atoms with van der Waals surface area (Å²) in [5.41, 5.74) is 0. The van der Waals surface area contributed by atoms with Crippen molar-refractivity contribution < 1.29 is 0 Å². The summed E-state index contributed by atoms with van der Waals surface area (Å²) in [6, 6.07) is 0. The van der Waals surface area contributed by atoms with Gasteiger partial charge in [0.2, 0.25) is 0 Å². The van der Waals surface area contributed by atoms with Crippen LogP contribution in [-0.4, -0.2) is 0 Å². The summed E-state index contributed by atoms with van der Waals surface area (Å²) in [6.07, 6.45) is 21.8. The maximum absolute atomic E-state index is 1.59. The van der Waals surface area contributed by atoms with Gasteiger partial charge in [-0.25, -0.2) is 0 Å². The number of hydrogen-bond acceptors (Lipinski definition) is 0. The predicted molar refractivity (Wildman–Crippen MR) is 78.6 cm³/mol. The quantitative estimate of drug-likeness (QED) is 0.529. The van der Waals surface area contributed by atoms with Gasteiger partial charge in [-0.2, -0.15) is 0 Å². The summed E-state index contributed by atoms with van der Waals surface area (Å²) >= 11 is 0. The van der Waals surface area contributed by atoms with Crippen LogP contribution in [0, 0.1) is 23.7 Å². The van der Waals surface area contributed by atoms with Crippen LogP contribution in [0.1, 0.15) is 89.9 Å². The zero-order valence-electron chi connectivity index (χ0n) is 12.2. The second-order valence-electron chi connectivity index (χ2n) is 7.41. The number of hydrogen-bond donors (Lipinski definition) is 0. The number of rotatable bonds is 2. The van der Waals surface area contributed by atoms with Gasteiger partial charge in [0.1, 0.15) is 0 Å². The molecule has 0 saturated heterocycles. The SMILES string of the molecule is C1CCC(C2CCCCCC2C2CCCC2)CC1. The van der Waals surface area contributed by atoms with Crippen molar-refractivity contribution in [1.82, 2.24) is 0 Å². The molecule has 0 N–H and O–H groups in total. The van der Waals surface area contributed by atoms with E-state index in [2.05, 4.69) is 0 Å². The molecule has 3 saturated carbocycles. The van der Waals surface area contributed by atoms with E-state index in [9.17, 15) is 0 Å². The van der Waals surface area contributed by atoms with E-state index < -0.39 is 0 Å². The van der Waals surface area contributed by atoms with Crippen molar-refractivity contribution in [2.45, 2.75) is 89.9 Å². The highest BCUT2D eigenvalue weighted by atomic mass is 14.4. The first-order chi connectivity index (χ1) is 8.95. The first-order valence-electron chi connectivity index (χ1n) is 8.95. The first kappa shape index (κ1) is 13.0. The van der Waals surface area contributed by atoms with E-state index in [1.807, 2.05) is 0 Å². The van der Waals surface area contributed by atoms with E-state index >= 15 is 0 Å². The molecule has 0 heteroatoms. The molecule has 2 atom stereocenters. The third kappa shape index (κ3) is 2.94. The molecule has 0 heterocycles. The van der Waals surface area contributed by atoms with E-state index in [4.69, 9.17) is 0 Å². The van der Waals surface area contributed by atoms with Crippen LogP contribution in [0.5, 0.6) is 0 Å². The summed E-state index contributed by atoms with van der Waals surface area (Å²) in [4.78, 5) is 0. The fraction of sp³-hybridized carbons (Fsp3) is 1.00. The Morgan fingerprint density at radius 1 is 0.333 bits per heavy atom. The molecule has 3 fully saturated rings. The van der Waals surface area contributed by atoms with E-state index in [0.717, 1.165) is 23.7 Å². The van der Waals surface area contributed by atoms with Gasteiger partial charge in [0.05, 0.1) is 0 Å². The minimum absolute atomic E-state index is 1.13. The molecule has 2 unspecified atom stereocenters. The molecule has 0 amide bonds. The maximum atomic E-state index is 1.59. The van der Waals surface area contributed by atoms with Crippen LogP contribution in [0.2, 0.25) is 0 Å². The minimum Gasteiger partial charge on any atom is -0.0533 e. The Bertz CT molecular complexity index is 232. The van der Waals surface area contributed by atoms with E-state index in [-0.39, 0.29) is 0 Å². The van der Waals surface area contributed by atoms with Crippen LogP contribution in [0.25, 0.3) is 0 Å². The lowest BCUT2D eigenvalue weighted by molar-refractivity contribution is 0.122. The van der Waals surface area contributed by atoms with Gasteiger partial charge in [-0.1, -0.05) is 77.0 Å². The molecule has 0 aromatic heterocycles. The smallest absolute Gasteiger partial charge is 0.0355 e. The van der Waals surface area contributed by atoms with Crippen molar-refractivity contribution in [1.29, 1.82) is 0 Å². The Morgan fingerprint density at radius 3 is 1.11 bits per heavy atom. The van der Waals surface area contributed by atoms with Crippen LogP contribution < -0.4 is 0 Å². The third-order valence-corrected chi connectivity index (χ3v) is 6.39. The Morgan fingerprint density at radius 2 is 0.667 bits per heavy atom. The van der Waals surface area contributed by atoms with Crippen LogP contribution >= 0.6 is 0 Å². The highest BCUT2D eigenvalue weighted by Gasteiger charge is 2.36. The van der Waals surface area contributed by atoms with Gasteiger partial charge in [-0.3, -0.25) is 0 Å². The molecule has 0 aromatic carbocycles. The van der Waals surface area contributed by atoms with Gasteiger partial charge in [-0.15, -0.1) is 0 Å². The summed E-state index contributed by atoms with van der Waals surface area (Å²) in [7, 11) is 0. The van der Waals surface area contributed by atoms with Gasteiger partial charge in [0.25, 0.3) is 0 Å². The molecule has 3 rings (SSSR count). The topological polar surface area (TPSA) is 0 Å². The Balaban J connectivity index is 1.68. The van der Waals surface area contributed by atoms with Crippen molar-refractivity contribution in [3.63, 3.8) is 0 Å². The van der Waals surface area contributed by atoms with Crippen molar-refractivity contribution >= 4 is 0 Å². The van der Waals surface area contributed by atoms with Gasteiger partial charge < -0.3 is 0 Å². The van der Waals surface area contributed by atoms with Crippen molar-refractivity contribution in [2.24, 2.45) is 23.7 Å². The summed E-state index contributed by atoms with van der Waals surface area (Å²) in [6.45, 7) is 0. The van der Waals surface area contributed by atoms with Crippen molar-refractivity contribution in [3.8, 4) is 0 Å². The van der Waals surface area contributed by atoms with E-state index in [0.29, 0.717) is 0 Å². The van der Waals surface area contributed by atoms with Gasteiger partial charge >= 0.3 is 0 Å². The third-order valence-electron chi connectivity index (χ3n) is 6.39. The average molecular weight is 248 g/mol. The highest BCUT2D eigenvalue weighted by Crippen LogP contribution is 2.47. The van der Waals surface area contributed by atoms with Crippen LogP contribution in [0.15, 0.2) is 0 Å². The monoisotopic (exact) mass is 248 g/mol. The summed E-state index contributed by atoms with van der Waals surface area (Å²) in [5, 5.41) is 0. The molecule has 0 bridgehead atoms. The molecular weight excluding hydrogens is 216 g/mol. The Labute approximate surface area is 114 Å². The average Bonchev–Trinajstić information content (AvgIpc) is 2.84. The first-order valence-corrected chi connectivity index (χ1v) is 8.95. The molecule has 0 aromatic rings. The molecular formula is C18H32. The van der Waals surface area contributed by atoms with Crippen molar-refractivity contribution in [2.75, 3.05) is 0 Å².